The zero-order valence-electron chi connectivity index (χ0n) is 14.3. The van der Waals surface area contributed by atoms with Crippen LogP contribution in [0.1, 0.15) is 32.3 Å². The summed E-state index contributed by atoms with van der Waals surface area (Å²) >= 11 is 5.95. The van der Waals surface area contributed by atoms with E-state index < -0.39 is 11.7 Å². The molecule has 0 atom stereocenters. The molecule has 140 valence electrons. The molecule has 0 spiro atoms. The molecule has 0 aliphatic heterocycles. The maximum atomic E-state index is 12.8. The summed E-state index contributed by atoms with van der Waals surface area (Å²) in [5.74, 6) is 0.155. The van der Waals surface area contributed by atoms with Gasteiger partial charge >= 0.3 is 6.18 Å². The summed E-state index contributed by atoms with van der Waals surface area (Å²) in [6.07, 6.45) is -1.55. The number of anilines is 3. The predicted molar refractivity (Wildman–Crippen MR) is 96.7 cm³/mol. The number of alkyl halides is 3. The number of amides is 1. The monoisotopic (exact) mass is 385 g/mol. The fraction of sp³-hybridized carbons (Fsp3) is 0.333. The quantitative estimate of drug-likeness (QED) is 0.653. The summed E-state index contributed by atoms with van der Waals surface area (Å²) < 4.78 is 38.4. The highest BCUT2D eigenvalue weighted by Crippen LogP contribution is 2.34. The van der Waals surface area contributed by atoms with Crippen molar-refractivity contribution in [3.8, 4) is 0 Å². The Morgan fingerprint density at radius 1 is 1.19 bits per heavy atom. The van der Waals surface area contributed by atoms with Gasteiger partial charge in [-0.25, -0.2) is 4.98 Å². The van der Waals surface area contributed by atoms with Gasteiger partial charge in [-0.3, -0.25) is 4.79 Å². The number of carbonyl (C=O) groups excluding carboxylic acids is 1. The average molecular weight is 386 g/mol. The molecular formula is C18H19ClF3N3O. The zero-order valence-corrected chi connectivity index (χ0v) is 15.1. The Bertz CT molecular complexity index is 759. The van der Waals surface area contributed by atoms with Crippen LogP contribution in [0.5, 0.6) is 0 Å². The van der Waals surface area contributed by atoms with Crippen molar-refractivity contribution in [2.24, 2.45) is 5.92 Å². The van der Waals surface area contributed by atoms with Crippen LogP contribution in [0.2, 0.25) is 5.02 Å². The van der Waals surface area contributed by atoms with E-state index in [9.17, 15) is 18.0 Å². The van der Waals surface area contributed by atoms with E-state index in [2.05, 4.69) is 15.6 Å². The number of nitrogens with one attached hydrogen (secondary N) is 2. The minimum Gasteiger partial charge on any atom is -0.339 e. The van der Waals surface area contributed by atoms with Crippen molar-refractivity contribution in [2.45, 2.75) is 32.9 Å². The molecule has 1 aromatic heterocycles. The maximum Gasteiger partial charge on any atom is 0.416 e. The van der Waals surface area contributed by atoms with Crippen molar-refractivity contribution >= 4 is 34.7 Å². The first-order valence-electron chi connectivity index (χ1n) is 8.15. The lowest BCUT2D eigenvalue weighted by Crippen LogP contribution is -2.21. The van der Waals surface area contributed by atoms with Crippen LogP contribution in [0, 0.1) is 5.92 Å². The average Bonchev–Trinajstić information content (AvgIpc) is 2.58. The molecule has 0 aliphatic carbocycles. The van der Waals surface area contributed by atoms with Gasteiger partial charge in [0, 0.05) is 5.92 Å². The summed E-state index contributed by atoms with van der Waals surface area (Å²) in [5, 5.41) is 5.67. The number of halogens is 4. The van der Waals surface area contributed by atoms with Crippen molar-refractivity contribution in [1.82, 2.24) is 4.98 Å². The third-order valence-electron chi connectivity index (χ3n) is 3.94. The molecule has 0 fully saturated rings. The van der Waals surface area contributed by atoms with E-state index in [1.54, 1.807) is 12.1 Å². The lowest BCUT2D eigenvalue weighted by atomic mass is 10.0. The molecule has 0 saturated heterocycles. The number of benzene rings is 1. The van der Waals surface area contributed by atoms with Gasteiger partial charge < -0.3 is 10.6 Å². The van der Waals surface area contributed by atoms with E-state index in [0.29, 0.717) is 11.5 Å². The molecule has 26 heavy (non-hydrogen) atoms. The molecular weight excluding hydrogens is 367 g/mol. The molecule has 1 heterocycles. The maximum absolute atomic E-state index is 12.8. The van der Waals surface area contributed by atoms with Crippen LogP contribution < -0.4 is 10.6 Å². The van der Waals surface area contributed by atoms with Gasteiger partial charge in [0.25, 0.3) is 0 Å². The summed E-state index contributed by atoms with van der Waals surface area (Å²) in [5.41, 5.74) is -0.191. The van der Waals surface area contributed by atoms with Crippen molar-refractivity contribution in [2.75, 3.05) is 10.6 Å². The van der Waals surface area contributed by atoms with E-state index >= 15 is 0 Å². The highest BCUT2D eigenvalue weighted by Gasteiger charge is 2.31. The Morgan fingerprint density at radius 3 is 2.42 bits per heavy atom. The van der Waals surface area contributed by atoms with Crippen LogP contribution in [-0.4, -0.2) is 10.9 Å². The SMILES string of the molecule is CCC(CC)C(=O)Nc1ccc(Nc2cc(C(F)(F)F)ccc2Cl)nc1. The van der Waals surface area contributed by atoms with Crippen molar-refractivity contribution in [3.05, 3.63) is 47.1 Å². The second kappa shape index (κ2) is 8.40. The Morgan fingerprint density at radius 2 is 1.88 bits per heavy atom. The largest absolute Gasteiger partial charge is 0.416 e. The van der Waals surface area contributed by atoms with Crippen LogP contribution in [0.25, 0.3) is 0 Å². The highest BCUT2D eigenvalue weighted by atomic mass is 35.5. The molecule has 0 aliphatic rings. The van der Waals surface area contributed by atoms with Gasteiger partial charge in [0.2, 0.25) is 5.91 Å². The van der Waals surface area contributed by atoms with Gasteiger partial charge in [-0.05, 0) is 43.2 Å². The summed E-state index contributed by atoms with van der Waals surface area (Å²) in [6, 6.07) is 6.19. The molecule has 0 bridgehead atoms. The molecule has 0 saturated carbocycles. The van der Waals surface area contributed by atoms with Crippen molar-refractivity contribution in [3.63, 3.8) is 0 Å². The highest BCUT2D eigenvalue weighted by molar-refractivity contribution is 6.33. The Labute approximate surface area is 154 Å². The molecule has 2 aromatic rings. The van der Waals surface area contributed by atoms with Crippen LogP contribution in [0.4, 0.5) is 30.4 Å². The standard InChI is InChI=1S/C18H19ClF3N3O/c1-3-11(4-2)17(26)24-13-6-8-16(23-10-13)25-15-9-12(18(20,21)22)5-7-14(15)19/h5-11H,3-4H2,1-2H3,(H,23,25)(H,24,26). The molecule has 4 nitrogen and oxygen atoms in total. The minimum absolute atomic E-state index is 0.0725. The van der Waals surface area contributed by atoms with Gasteiger partial charge in [-0.1, -0.05) is 25.4 Å². The van der Waals surface area contributed by atoms with Gasteiger partial charge in [0.15, 0.2) is 0 Å². The number of hydrogen-bond donors (Lipinski definition) is 2. The van der Waals surface area contributed by atoms with Crippen LogP contribution in [0.15, 0.2) is 36.5 Å². The molecule has 2 rings (SSSR count). The second-order valence-corrected chi connectivity index (χ2v) is 6.16. The third kappa shape index (κ3) is 5.11. The summed E-state index contributed by atoms with van der Waals surface area (Å²) in [7, 11) is 0. The van der Waals surface area contributed by atoms with E-state index in [1.165, 1.54) is 12.3 Å². The summed E-state index contributed by atoms with van der Waals surface area (Å²) in [6.45, 7) is 3.88. The van der Waals surface area contributed by atoms with Crippen molar-refractivity contribution < 1.29 is 18.0 Å². The number of rotatable bonds is 6. The fourth-order valence-corrected chi connectivity index (χ4v) is 2.55. The Balaban J connectivity index is 2.11. The lowest BCUT2D eigenvalue weighted by Gasteiger charge is -2.14. The summed E-state index contributed by atoms with van der Waals surface area (Å²) in [4.78, 5) is 16.2. The fourth-order valence-electron chi connectivity index (χ4n) is 2.38. The first-order valence-corrected chi connectivity index (χ1v) is 8.53. The van der Waals surface area contributed by atoms with Crippen LogP contribution >= 0.6 is 11.6 Å². The molecule has 2 N–H and O–H groups in total. The van der Waals surface area contributed by atoms with E-state index in [-0.39, 0.29) is 22.5 Å². The van der Waals surface area contributed by atoms with Gasteiger partial charge in [-0.2, -0.15) is 13.2 Å². The molecule has 0 radical (unpaired) electrons. The lowest BCUT2D eigenvalue weighted by molar-refractivity contribution is -0.137. The zero-order chi connectivity index (χ0) is 19.3. The van der Waals surface area contributed by atoms with Crippen LogP contribution in [-0.2, 0) is 11.0 Å². The van der Waals surface area contributed by atoms with Gasteiger partial charge in [0.05, 0.1) is 28.2 Å². The minimum atomic E-state index is -4.46. The Hall–Kier alpha value is -2.28. The molecule has 8 heteroatoms. The molecule has 0 unspecified atom stereocenters. The van der Waals surface area contributed by atoms with Gasteiger partial charge in [-0.15, -0.1) is 0 Å². The predicted octanol–water partition coefficient (Wildman–Crippen LogP) is 5.87. The normalized spacial score (nSPS) is 11.5. The Kier molecular flexibility index (Phi) is 6.47. The number of carbonyl (C=O) groups is 1. The molecule has 1 amide bonds. The number of pyridine rings is 1. The number of aromatic nitrogens is 1. The first-order chi connectivity index (χ1) is 12.2. The molecule has 1 aromatic carbocycles. The van der Waals surface area contributed by atoms with E-state index in [0.717, 1.165) is 25.0 Å². The number of nitrogens with zero attached hydrogens (tertiary/aromatic N) is 1. The van der Waals surface area contributed by atoms with Crippen LogP contribution in [0.3, 0.4) is 0 Å². The van der Waals surface area contributed by atoms with Crippen molar-refractivity contribution in [1.29, 1.82) is 0 Å². The third-order valence-corrected chi connectivity index (χ3v) is 4.27. The van der Waals surface area contributed by atoms with Gasteiger partial charge in [0.1, 0.15) is 5.82 Å². The topological polar surface area (TPSA) is 54.0 Å². The van der Waals surface area contributed by atoms with E-state index in [1.807, 2.05) is 13.8 Å². The number of hydrogen-bond acceptors (Lipinski definition) is 3. The second-order valence-electron chi connectivity index (χ2n) is 5.75. The smallest absolute Gasteiger partial charge is 0.339 e. The first kappa shape index (κ1) is 20.0. The van der Waals surface area contributed by atoms with E-state index in [4.69, 9.17) is 11.6 Å².